The number of nitrogens with zero attached hydrogens (tertiary/aromatic N) is 2. The summed E-state index contributed by atoms with van der Waals surface area (Å²) in [5.41, 5.74) is 10.6. The van der Waals surface area contributed by atoms with Gasteiger partial charge in [-0.3, -0.25) is 9.89 Å². The summed E-state index contributed by atoms with van der Waals surface area (Å²) in [4.78, 5) is 6.51. The number of nitrogens with two attached hydrogens (primary N) is 2. The van der Waals surface area contributed by atoms with E-state index < -0.39 is 0 Å². The lowest BCUT2D eigenvalue weighted by Crippen LogP contribution is -2.32. The molecule has 1 aliphatic rings. The van der Waals surface area contributed by atoms with E-state index in [9.17, 15) is 0 Å². The fraction of sp³-hybridized carbons (Fsp3) is 0.900. The normalized spacial score (nSPS) is 27.9. The second kappa shape index (κ2) is 5.20. The maximum Gasteiger partial charge on any atom is 0.185 e. The molecule has 0 aliphatic carbocycles. The first-order valence-corrected chi connectivity index (χ1v) is 5.43. The molecule has 0 spiro atoms. The number of rotatable bonds is 4. The quantitative estimate of drug-likeness (QED) is 0.507. The van der Waals surface area contributed by atoms with Crippen molar-refractivity contribution < 1.29 is 0 Å². The minimum absolute atomic E-state index is 0.199. The molecule has 0 aromatic heterocycles. The molecule has 4 heteroatoms. The summed E-state index contributed by atoms with van der Waals surface area (Å²) in [7, 11) is 0. The maximum atomic E-state index is 5.28. The van der Waals surface area contributed by atoms with Gasteiger partial charge >= 0.3 is 0 Å². The average Bonchev–Trinajstić information content (AvgIpc) is 2.45. The van der Waals surface area contributed by atoms with Crippen LogP contribution in [0.4, 0.5) is 0 Å². The number of aliphatic imine (C=N–C) groups is 1. The molecule has 0 radical (unpaired) electrons. The Labute approximate surface area is 86.4 Å². The van der Waals surface area contributed by atoms with Gasteiger partial charge in [-0.1, -0.05) is 13.8 Å². The van der Waals surface area contributed by atoms with Crippen LogP contribution in [-0.2, 0) is 0 Å². The Hall–Kier alpha value is -0.770. The highest BCUT2D eigenvalue weighted by Crippen LogP contribution is 2.24. The third kappa shape index (κ3) is 3.18. The summed E-state index contributed by atoms with van der Waals surface area (Å²) in [6, 6.07) is 0.735. The van der Waals surface area contributed by atoms with E-state index in [0.717, 1.165) is 25.0 Å². The summed E-state index contributed by atoms with van der Waals surface area (Å²) in [6.45, 7) is 7.46. The lowest BCUT2D eigenvalue weighted by Gasteiger charge is -2.22. The van der Waals surface area contributed by atoms with Crippen LogP contribution in [0.2, 0.25) is 0 Å². The topological polar surface area (TPSA) is 67.6 Å². The third-order valence-corrected chi connectivity index (χ3v) is 2.89. The monoisotopic (exact) mass is 198 g/mol. The lowest BCUT2D eigenvalue weighted by molar-refractivity contribution is 0.253. The van der Waals surface area contributed by atoms with E-state index in [0.29, 0.717) is 0 Å². The minimum Gasteiger partial charge on any atom is -0.370 e. The minimum atomic E-state index is 0.199. The largest absolute Gasteiger partial charge is 0.370 e. The van der Waals surface area contributed by atoms with Crippen molar-refractivity contribution in [3.05, 3.63) is 0 Å². The second-order valence-electron chi connectivity index (χ2n) is 4.20. The SMILES string of the molecule is CCC1CC(C)CN1CCN=C(N)N. The van der Waals surface area contributed by atoms with E-state index in [1.807, 2.05) is 0 Å². The Morgan fingerprint density at radius 2 is 2.21 bits per heavy atom. The van der Waals surface area contributed by atoms with E-state index >= 15 is 0 Å². The van der Waals surface area contributed by atoms with Crippen molar-refractivity contribution in [2.24, 2.45) is 22.4 Å². The Morgan fingerprint density at radius 1 is 1.50 bits per heavy atom. The van der Waals surface area contributed by atoms with Crippen molar-refractivity contribution in [1.82, 2.24) is 4.90 Å². The molecule has 14 heavy (non-hydrogen) atoms. The smallest absolute Gasteiger partial charge is 0.185 e. The fourth-order valence-electron chi connectivity index (χ4n) is 2.24. The standard InChI is InChI=1S/C10H22N4/c1-3-9-6-8(2)7-14(9)5-4-13-10(11)12/h8-9H,3-7H2,1-2H3,(H4,11,12,13). The molecule has 0 bridgehead atoms. The molecule has 0 aromatic carbocycles. The first-order chi connectivity index (χ1) is 6.63. The van der Waals surface area contributed by atoms with Crippen LogP contribution in [-0.4, -0.2) is 36.5 Å². The van der Waals surface area contributed by atoms with Gasteiger partial charge in [-0.05, 0) is 18.8 Å². The zero-order valence-corrected chi connectivity index (χ0v) is 9.24. The molecule has 1 heterocycles. The van der Waals surface area contributed by atoms with E-state index in [2.05, 4.69) is 23.7 Å². The second-order valence-corrected chi connectivity index (χ2v) is 4.20. The molecule has 1 fully saturated rings. The van der Waals surface area contributed by atoms with Gasteiger partial charge in [0.05, 0.1) is 6.54 Å². The number of guanidine groups is 1. The van der Waals surface area contributed by atoms with Crippen molar-refractivity contribution in [1.29, 1.82) is 0 Å². The molecular weight excluding hydrogens is 176 g/mol. The van der Waals surface area contributed by atoms with Crippen LogP contribution in [0.3, 0.4) is 0 Å². The van der Waals surface area contributed by atoms with Gasteiger partial charge in [-0.15, -0.1) is 0 Å². The molecular formula is C10H22N4. The Kier molecular flexibility index (Phi) is 4.20. The molecule has 2 atom stereocenters. The van der Waals surface area contributed by atoms with Crippen LogP contribution in [0.15, 0.2) is 4.99 Å². The van der Waals surface area contributed by atoms with E-state index in [4.69, 9.17) is 11.5 Å². The molecule has 0 saturated carbocycles. The summed E-state index contributed by atoms with van der Waals surface area (Å²) in [6.07, 6.45) is 2.55. The van der Waals surface area contributed by atoms with Crippen molar-refractivity contribution in [3.63, 3.8) is 0 Å². The Bertz CT molecular complexity index is 198. The Morgan fingerprint density at radius 3 is 2.79 bits per heavy atom. The Balaban J connectivity index is 2.32. The summed E-state index contributed by atoms with van der Waals surface area (Å²) < 4.78 is 0. The summed E-state index contributed by atoms with van der Waals surface area (Å²) in [5.74, 6) is 1.02. The molecule has 2 unspecified atom stereocenters. The highest BCUT2D eigenvalue weighted by molar-refractivity contribution is 5.75. The molecule has 1 aliphatic heterocycles. The maximum absolute atomic E-state index is 5.28. The van der Waals surface area contributed by atoms with Crippen LogP contribution < -0.4 is 11.5 Å². The van der Waals surface area contributed by atoms with Crippen LogP contribution in [0, 0.1) is 5.92 Å². The van der Waals surface area contributed by atoms with E-state index in [1.54, 1.807) is 0 Å². The molecule has 1 rings (SSSR count). The zero-order chi connectivity index (χ0) is 10.6. The lowest BCUT2D eigenvalue weighted by atomic mass is 10.1. The molecule has 0 amide bonds. The molecule has 1 saturated heterocycles. The van der Waals surface area contributed by atoms with Gasteiger partial charge in [0.15, 0.2) is 5.96 Å². The summed E-state index contributed by atoms with van der Waals surface area (Å²) >= 11 is 0. The van der Waals surface area contributed by atoms with Gasteiger partial charge in [0.1, 0.15) is 0 Å². The molecule has 0 aromatic rings. The molecule has 4 nitrogen and oxygen atoms in total. The molecule has 82 valence electrons. The van der Waals surface area contributed by atoms with Gasteiger partial charge in [0.2, 0.25) is 0 Å². The fourth-order valence-corrected chi connectivity index (χ4v) is 2.24. The third-order valence-electron chi connectivity index (χ3n) is 2.89. The van der Waals surface area contributed by atoms with Gasteiger partial charge < -0.3 is 11.5 Å². The average molecular weight is 198 g/mol. The van der Waals surface area contributed by atoms with Gasteiger partial charge in [0.25, 0.3) is 0 Å². The molecule has 4 N–H and O–H groups in total. The number of hydrogen-bond acceptors (Lipinski definition) is 2. The summed E-state index contributed by atoms with van der Waals surface area (Å²) in [5, 5.41) is 0. The van der Waals surface area contributed by atoms with Crippen molar-refractivity contribution >= 4 is 5.96 Å². The van der Waals surface area contributed by atoms with Crippen LogP contribution in [0.5, 0.6) is 0 Å². The highest BCUT2D eigenvalue weighted by Gasteiger charge is 2.27. The number of hydrogen-bond donors (Lipinski definition) is 2. The van der Waals surface area contributed by atoms with Crippen LogP contribution >= 0.6 is 0 Å². The van der Waals surface area contributed by atoms with E-state index in [-0.39, 0.29) is 5.96 Å². The van der Waals surface area contributed by atoms with E-state index in [1.165, 1.54) is 19.4 Å². The van der Waals surface area contributed by atoms with Gasteiger partial charge in [-0.2, -0.15) is 0 Å². The first kappa shape index (κ1) is 11.3. The zero-order valence-electron chi connectivity index (χ0n) is 9.24. The number of likely N-dealkylation sites (tertiary alicyclic amines) is 1. The highest BCUT2D eigenvalue weighted by atomic mass is 15.2. The predicted molar refractivity (Wildman–Crippen MR) is 60.1 cm³/mol. The van der Waals surface area contributed by atoms with Gasteiger partial charge in [0, 0.05) is 19.1 Å². The van der Waals surface area contributed by atoms with Crippen LogP contribution in [0.25, 0.3) is 0 Å². The van der Waals surface area contributed by atoms with Crippen molar-refractivity contribution in [3.8, 4) is 0 Å². The van der Waals surface area contributed by atoms with Gasteiger partial charge in [-0.25, -0.2) is 0 Å². The van der Waals surface area contributed by atoms with Crippen molar-refractivity contribution in [2.75, 3.05) is 19.6 Å². The first-order valence-electron chi connectivity index (χ1n) is 5.43. The van der Waals surface area contributed by atoms with Crippen LogP contribution in [0.1, 0.15) is 26.7 Å². The predicted octanol–water partition coefficient (Wildman–Crippen LogP) is 0.380. The van der Waals surface area contributed by atoms with Crippen molar-refractivity contribution in [2.45, 2.75) is 32.7 Å².